The highest BCUT2D eigenvalue weighted by Gasteiger charge is 2.44. The number of hydrogen-bond donors (Lipinski definition) is 2. The fourth-order valence-corrected chi connectivity index (χ4v) is 5.23. The van der Waals surface area contributed by atoms with Gasteiger partial charge in [0.25, 0.3) is 0 Å². The summed E-state index contributed by atoms with van der Waals surface area (Å²) in [6.07, 6.45) is 4.63. The molecule has 1 spiro atoms. The van der Waals surface area contributed by atoms with Crippen molar-refractivity contribution in [2.45, 2.75) is 78.2 Å². The van der Waals surface area contributed by atoms with E-state index in [-0.39, 0.29) is 42.6 Å². The molecule has 8 heteroatoms. The first-order chi connectivity index (χ1) is 17.6. The van der Waals surface area contributed by atoms with Crippen molar-refractivity contribution in [1.82, 2.24) is 20.4 Å². The molecule has 204 valence electrons. The van der Waals surface area contributed by atoms with E-state index in [1.807, 2.05) is 38.1 Å². The predicted molar refractivity (Wildman–Crippen MR) is 144 cm³/mol. The van der Waals surface area contributed by atoms with Crippen LogP contribution in [-0.4, -0.2) is 66.2 Å². The highest BCUT2D eigenvalue weighted by atomic mass is 16.2. The van der Waals surface area contributed by atoms with Gasteiger partial charge in [-0.3, -0.25) is 19.2 Å². The van der Waals surface area contributed by atoms with E-state index in [2.05, 4.69) is 24.5 Å². The lowest BCUT2D eigenvalue weighted by Crippen LogP contribution is -2.60. The van der Waals surface area contributed by atoms with Gasteiger partial charge in [0.05, 0.1) is 13.1 Å². The van der Waals surface area contributed by atoms with Crippen molar-refractivity contribution in [2.24, 2.45) is 11.8 Å². The first-order valence-electron chi connectivity index (χ1n) is 13.9. The minimum absolute atomic E-state index is 0.0305. The molecule has 1 aromatic carbocycles. The Kier molecular flexibility index (Phi) is 10.1. The van der Waals surface area contributed by atoms with Gasteiger partial charge in [0.2, 0.25) is 23.6 Å². The summed E-state index contributed by atoms with van der Waals surface area (Å²) in [7, 11) is 0. The zero-order chi connectivity index (χ0) is 27.0. The number of aryl methyl sites for hydroxylation is 1. The number of benzene rings is 1. The Morgan fingerprint density at radius 2 is 1.76 bits per heavy atom. The predicted octanol–water partition coefficient (Wildman–Crippen LogP) is 2.99. The lowest BCUT2D eigenvalue weighted by Gasteiger charge is -2.39. The van der Waals surface area contributed by atoms with Gasteiger partial charge >= 0.3 is 0 Å². The van der Waals surface area contributed by atoms with Crippen LogP contribution in [0.1, 0.15) is 77.3 Å². The van der Waals surface area contributed by atoms with E-state index >= 15 is 0 Å². The molecule has 1 unspecified atom stereocenters. The van der Waals surface area contributed by atoms with Crippen LogP contribution < -0.4 is 10.6 Å². The molecule has 1 saturated heterocycles. The Hall–Kier alpha value is -2.90. The fourth-order valence-electron chi connectivity index (χ4n) is 5.23. The third-order valence-electron chi connectivity index (χ3n) is 7.28. The van der Waals surface area contributed by atoms with Crippen LogP contribution in [0.2, 0.25) is 0 Å². The zero-order valence-corrected chi connectivity index (χ0v) is 23.0. The molecule has 2 N–H and O–H groups in total. The number of nitrogens with one attached hydrogen (secondary N) is 2. The van der Waals surface area contributed by atoms with Gasteiger partial charge in [-0.25, -0.2) is 0 Å². The van der Waals surface area contributed by atoms with E-state index < -0.39 is 5.54 Å². The van der Waals surface area contributed by atoms with Crippen LogP contribution in [0.5, 0.6) is 0 Å². The van der Waals surface area contributed by atoms with E-state index in [0.29, 0.717) is 51.2 Å². The van der Waals surface area contributed by atoms with E-state index in [0.717, 1.165) is 30.4 Å². The highest BCUT2D eigenvalue weighted by Crippen LogP contribution is 2.36. The molecule has 2 aliphatic rings. The minimum Gasteiger partial charge on any atom is -0.354 e. The summed E-state index contributed by atoms with van der Waals surface area (Å²) in [6, 6.07) is 7.80. The van der Waals surface area contributed by atoms with Crippen molar-refractivity contribution < 1.29 is 19.2 Å². The van der Waals surface area contributed by atoms with Crippen molar-refractivity contribution in [3.63, 3.8) is 0 Å². The monoisotopic (exact) mass is 512 g/mol. The Morgan fingerprint density at radius 1 is 1.00 bits per heavy atom. The van der Waals surface area contributed by atoms with E-state index in [1.165, 1.54) is 0 Å². The minimum atomic E-state index is -1.15. The van der Waals surface area contributed by atoms with Gasteiger partial charge in [0.1, 0.15) is 5.54 Å². The number of hydrogen-bond acceptors (Lipinski definition) is 4. The number of amides is 4. The molecular formula is C29H44N4O4. The number of fused-ring (bicyclic) bond motifs is 2. The van der Waals surface area contributed by atoms with Gasteiger partial charge < -0.3 is 20.4 Å². The third kappa shape index (κ3) is 7.55. The lowest BCUT2D eigenvalue weighted by atomic mass is 9.75. The summed E-state index contributed by atoms with van der Waals surface area (Å²) >= 11 is 0. The summed E-state index contributed by atoms with van der Waals surface area (Å²) in [5.41, 5.74) is 0.754. The Morgan fingerprint density at radius 3 is 2.49 bits per heavy atom. The highest BCUT2D eigenvalue weighted by molar-refractivity contribution is 5.95. The van der Waals surface area contributed by atoms with Crippen molar-refractivity contribution in [2.75, 3.05) is 32.7 Å². The second-order valence-electron chi connectivity index (χ2n) is 11.3. The van der Waals surface area contributed by atoms with Gasteiger partial charge in [0, 0.05) is 26.1 Å². The smallest absolute Gasteiger partial charge is 0.250 e. The van der Waals surface area contributed by atoms with Gasteiger partial charge in [-0.1, -0.05) is 52.0 Å². The van der Waals surface area contributed by atoms with Crippen LogP contribution >= 0.6 is 0 Å². The van der Waals surface area contributed by atoms with Crippen LogP contribution in [0.25, 0.3) is 0 Å². The van der Waals surface area contributed by atoms with Gasteiger partial charge in [0.15, 0.2) is 0 Å². The molecule has 37 heavy (non-hydrogen) atoms. The van der Waals surface area contributed by atoms with E-state index in [4.69, 9.17) is 0 Å². The van der Waals surface area contributed by atoms with Crippen LogP contribution in [0.4, 0.5) is 0 Å². The molecule has 1 atom stereocenters. The largest absolute Gasteiger partial charge is 0.354 e. The van der Waals surface area contributed by atoms with Crippen molar-refractivity contribution >= 4 is 23.6 Å². The number of nitrogens with zero attached hydrogens (tertiary/aromatic N) is 2. The van der Waals surface area contributed by atoms with Crippen LogP contribution in [0.3, 0.4) is 0 Å². The Balaban J connectivity index is 1.90. The molecule has 4 amide bonds. The van der Waals surface area contributed by atoms with Gasteiger partial charge in [-0.15, -0.1) is 0 Å². The summed E-state index contributed by atoms with van der Waals surface area (Å²) in [5.74, 6) is -0.311. The molecule has 1 aromatic rings. The molecular weight excluding hydrogens is 468 g/mol. The molecule has 1 aliphatic carbocycles. The average Bonchev–Trinajstić information content (AvgIpc) is 2.84. The normalized spacial score (nSPS) is 22.1. The maximum absolute atomic E-state index is 13.7. The summed E-state index contributed by atoms with van der Waals surface area (Å²) in [4.78, 5) is 56.7. The molecule has 1 heterocycles. The average molecular weight is 513 g/mol. The standard InChI is InChI=1S/C29H44N4O4/c1-21(2)13-17-33-19-25(34)31-29(14-9-11-23-10-5-6-12-24(23)29)28(37)30-15-7-8-16-32(20-27(33)36)26(35)18-22(3)4/h5-6,10,12,21-22H,7-9,11,13-20H2,1-4H3,(H,30,37)(H,31,34). The fraction of sp³-hybridized carbons (Fsp3) is 0.655. The first-order valence-corrected chi connectivity index (χ1v) is 13.9. The maximum Gasteiger partial charge on any atom is 0.250 e. The molecule has 1 fully saturated rings. The number of rotatable bonds is 5. The molecule has 1 aliphatic heterocycles. The number of carbonyl (C=O) groups excluding carboxylic acids is 4. The van der Waals surface area contributed by atoms with Crippen molar-refractivity contribution in [3.8, 4) is 0 Å². The van der Waals surface area contributed by atoms with E-state index in [1.54, 1.807) is 9.80 Å². The van der Waals surface area contributed by atoms with Gasteiger partial charge in [-0.05, 0) is 61.5 Å². The summed E-state index contributed by atoms with van der Waals surface area (Å²) < 4.78 is 0. The molecule has 0 bridgehead atoms. The molecule has 8 nitrogen and oxygen atoms in total. The second-order valence-corrected chi connectivity index (χ2v) is 11.3. The van der Waals surface area contributed by atoms with Crippen LogP contribution in [0, 0.1) is 11.8 Å². The van der Waals surface area contributed by atoms with Crippen LogP contribution in [-0.2, 0) is 31.1 Å². The molecule has 3 rings (SSSR count). The molecule has 0 saturated carbocycles. The van der Waals surface area contributed by atoms with Gasteiger partial charge in [-0.2, -0.15) is 0 Å². The zero-order valence-electron chi connectivity index (χ0n) is 23.0. The summed E-state index contributed by atoms with van der Waals surface area (Å²) in [6.45, 7) is 9.26. The lowest BCUT2D eigenvalue weighted by molar-refractivity contribution is -0.143. The molecule has 0 radical (unpaired) electrons. The van der Waals surface area contributed by atoms with Crippen LogP contribution in [0.15, 0.2) is 24.3 Å². The number of carbonyl (C=O) groups is 4. The topological polar surface area (TPSA) is 98.8 Å². The molecule has 0 aromatic heterocycles. The first kappa shape index (κ1) is 28.7. The SMILES string of the molecule is CC(C)CCN1CC(=O)NC2(CCCc3ccccc32)C(=O)NCCCCN(C(=O)CC(C)C)CC1=O. The quantitative estimate of drug-likeness (QED) is 0.634. The Labute approximate surface area is 221 Å². The third-order valence-corrected chi connectivity index (χ3v) is 7.28. The second kappa shape index (κ2) is 13.1. The van der Waals surface area contributed by atoms with Crippen molar-refractivity contribution in [1.29, 1.82) is 0 Å². The summed E-state index contributed by atoms with van der Waals surface area (Å²) in [5, 5.41) is 6.12. The van der Waals surface area contributed by atoms with E-state index in [9.17, 15) is 19.2 Å². The Bertz CT molecular complexity index is 976. The van der Waals surface area contributed by atoms with Crippen molar-refractivity contribution in [3.05, 3.63) is 35.4 Å². The maximum atomic E-state index is 13.7.